The molecule has 110 valence electrons. The SMILES string of the molecule is O=C1CCC(c2nc(CSc3ccc(F)cc3)no2)CC1. The molecule has 1 aromatic heterocycles. The molecule has 0 atom stereocenters. The molecule has 1 aliphatic carbocycles. The first kappa shape index (κ1) is 14.3. The highest BCUT2D eigenvalue weighted by Gasteiger charge is 2.24. The van der Waals surface area contributed by atoms with Gasteiger partial charge in [-0.3, -0.25) is 4.79 Å². The molecular formula is C15H15FN2O2S. The minimum absolute atomic E-state index is 0.208. The van der Waals surface area contributed by atoms with Gasteiger partial charge >= 0.3 is 0 Å². The van der Waals surface area contributed by atoms with Crippen LogP contribution in [0.2, 0.25) is 0 Å². The Morgan fingerprint density at radius 1 is 1.24 bits per heavy atom. The van der Waals surface area contributed by atoms with Crippen LogP contribution in [0.15, 0.2) is 33.7 Å². The Kier molecular flexibility index (Phi) is 4.34. The zero-order valence-corrected chi connectivity index (χ0v) is 12.2. The highest BCUT2D eigenvalue weighted by Crippen LogP contribution is 2.30. The summed E-state index contributed by atoms with van der Waals surface area (Å²) in [7, 11) is 0. The molecule has 1 saturated carbocycles. The van der Waals surface area contributed by atoms with Crippen LogP contribution in [0.1, 0.15) is 43.3 Å². The van der Waals surface area contributed by atoms with Crippen molar-refractivity contribution in [1.29, 1.82) is 0 Å². The lowest BCUT2D eigenvalue weighted by atomic mass is 9.88. The van der Waals surface area contributed by atoms with Crippen LogP contribution in [0.5, 0.6) is 0 Å². The van der Waals surface area contributed by atoms with E-state index < -0.39 is 0 Å². The number of thioether (sulfide) groups is 1. The average molecular weight is 306 g/mol. The molecular weight excluding hydrogens is 291 g/mol. The van der Waals surface area contributed by atoms with Gasteiger partial charge in [0, 0.05) is 23.7 Å². The fourth-order valence-electron chi connectivity index (χ4n) is 2.36. The van der Waals surface area contributed by atoms with Crippen LogP contribution in [0.4, 0.5) is 4.39 Å². The van der Waals surface area contributed by atoms with Gasteiger partial charge in [0.15, 0.2) is 5.82 Å². The summed E-state index contributed by atoms with van der Waals surface area (Å²) in [6.45, 7) is 0. The Labute approximate surface area is 126 Å². The highest BCUT2D eigenvalue weighted by atomic mass is 32.2. The topological polar surface area (TPSA) is 56.0 Å². The van der Waals surface area contributed by atoms with Crippen molar-refractivity contribution in [2.75, 3.05) is 0 Å². The number of carbonyl (C=O) groups excluding carboxylic acids is 1. The van der Waals surface area contributed by atoms with Gasteiger partial charge in [-0.15, -0.1) is 11.8 Å². The third-order valence-electron chi connectivity index (χ3n) is 3.56. The molecule has 3 rings (SSSR count). The second-order valence-electron chi connectivity index (χ2n) is 5.10. The number of Topliss-reactive ketones (excluding diaryl/α,β-unsaturated/α-hetero) is 1. The molecule has 0 radical (unpaired) electrons. The number of nitrogens with zero attached hydrogens (tertiary/aromatic N) is 2. The summed E-state index contributed by atoms with van der Waals surface area (Å²) in [5, 5.41) is 3.98. The predicted molar refractivity (Wildman–Crippen MR) is 76.5 cm³/mol. The van der Waals surface area contributed by atoms with Crippen molar-refractivity contribution in [3.63, 3.8) is 0 Å². The lowest BCUT2D eigenvalue weighted by Crippen LogP contribution is -2.12. The number of hydrogen-bond donors (Lipinski definition) is 0. The van der Waals surface area contributed by atoms with Gasteiger partial charge in [0.25, 0.3) is 0 Å². The minimum Gasteiger partial charge on any atom is -0.339 e. The molecule has 0 saturated heterocycles. The van der Waals surface area contributed by atoms with Crippen LogP contribution < -0.4 is 0 Å². The largest absolute Gasteiger partial charge is 0.339 e. The molecule has 1 aliphatic rings. The van der Waals surface area contributed by atoms with Crippen molar-refractivity contribution >= 4 is 17.5 Å². The maximum absolute atomic E-state index is 12.8. The number of aromatic nitrogens is 2. The maximum Gasteiger partial charge on any atom is 0.229 e. The molecule has 1 heterocycles. The number of halogens is 1. The molecule has 1 aromatic carbocycles. The van der Waals surface area contributed by atoms with E-state index in [0.717, 1.165) is 17.7 Å². The molecule has 21 heavy (non-hydrogen) atoms. The van der Waals surface area contributed by atoms with Gasteiger partial charge in [-0.2, -0.15) is 4.98 Å². The summed E-state index contributed by atoms with van der Waals surface area (Å²) in [4.78, 5) is 16.6. The van der Waals surface area contributed by atoms with Crippen LogP contribution in [0.25, 0.3) is 0 Å². The van der Waals surface area contributed by atoms with E-state index >= 15 is 0 Å². The van der Waals surface area contributed by atoms with Crippen LogP contribution >= 0.6 is 11.8 Å². The molecule has 0 N–H and O–H groups in total. The van der Waals surface area contributed by atoms with E-state index in [1.165, 1.54) is 23.9 Å². The molecule has 0 bridgehead atoms. The molecule has 1 fully saturated rings. The standard InChI is InChI=1S/C15H15FN2O2S/c16-11-3-7-13(8-4-11)21-9-14-17-15(20-18-14)10-1-5-12(19)6-2-10/h3-4,7-8,10H,1-2,5-6,9H2. The normalized spacial score (nSPS) is 16.3. The highest BCUT2D eigenvalue weighted by molar-refractivity contribution is 7.98. The summed E-state index contributed by atoms with van der Waals surface area (Å²) in [6, 6.07) is 6.33. The van der Waals surface area contributed by atoms with Crippen LogP contribution in [-0.2, 0) is 10.5 Å². The van der Waals surface area contributed by atoms with Gasteiger partial charge in [-0.05, 0) is 37.1 Å². The molecule has 0 aliphatic heterocycles. The summed E-state index contributed by atoms with van der Waals surface area (Å²) in [5.41, 5.74) is 0. The second-order valence-corrected chi connectivity index (χ2v) is 6.15. The van der Waals surface area contributed by atoms with Crippen molar-refractivity contribution in [2.45, 2.75) is 42.2 Å². The Bertz CT molecular complexity index is 617. The number of carbonyl (C=O) groups is 1. The minimum atomic E-state index is -0.243. The van der Waals surface area contributed by atoms with Crippen LogP contribution in [0.3, 0.4) is 0 Å². The number of hydrogen-bond acceptors (Lipinski definition) is 5. The summed E-state index contributed by atoms with van der Waals surface area (Å²) in [6.07, 6.45) is 2.80. The average Bonchev–Trinajstić information content (AvgIpc) is 2.96. The first-order chi connectivity index (χ1) is 10.2. The van der Waals surface area contributed by atoms with E-state index in [1.54, 1.807) is 12.1 Å². The van der Waals surface area contributed by atoms with Gasteiger partial charge in [0.1, 0.15) is 11.6 Å². The Morgan fingerprint density at radius 2 is 1.95 bits per heavy atom. The molecule has 6 heteroatoms. The van der Waals surface area contributed by atoms with Crippen molar-refractivity contribution < 1.29 is 13.7 Å². The van der Waals surface area contributed by atoms with Gasteiger partial charge in [-0.1, -0.05) is 5.16 Å². The fraction of sp³-hybridized carbons (Fsp3) is 0.400. The van der Waals surface area contributed by atoms with Gasteiger partial charge < -0.3 is 4.52 Å². The maximum atomic E-state index is 12.8. The van der Waals surface area contributed by atoms with E-state index in [2.05, 4.69) is 10.1 Å². The Balaban J connectivity index is 1.57. The lowest BCUT2D eigenvalue weighted by Gasteiger charge is -2.16. The molecule has 0 amide bonds. The monoisotopic (exact) mass is 306 g/mol. The number of ketones is 1. The number of benzene rings is 1. The van der Waals surface area contributed by atoms with E-state index in [4.69, 9.17) is 4.52 Å². The second kappa shape index (κ2) is 6.39. The molecule has 4 nitrogen and oxygen atoms in total. The van der Waals surface area contributed by atoms with Gasteiger partial charge in [0.2, 0.25) is 5.89 Å². The van der Waals surface area contributed by atoms with E-state index in [-0.39, 0.29) is 11.7 Å². The Morgan fingerprint density at radius 3 is 2.67 bits per heavy atom. The number of rotatable bonds is 4. The third-order valence-corrected chi connectivity index (χ3v) is 4.57. The zero-order valence-electron chi connectivity index (χ0n) is 11.4. The summed E-state index contributed by atoms with van der Waals surface area (Å²) >= 11 is 1.54. The van der Waals surface area contributed by atoms with Gasteiger partial charge in [-0.25, -0.2) is 4.39 Å². The molecule has 2 aromatic rings. The zero-order chi connectivity index (χ0) is 14.7. The summed E-state index contributed by atoms with van der Waals surface area (Å²) < 4.78 is 18.1. The van der Waals surface area contributed by atoms with Crippen molar-refractivity contribution in [3.8, 4) is 0 Å². The van der Waals surface area contributed by atoms with E-state index in [1.807, 2.05) is 0 Å². The van der Waals surface area contributed by atoms with Crippen molar-refractivity contribution in [2.24, 2.45) is 0 Å². The first-order valence-electron chi connectivity index (χ1n) is 6.93. The molecule has 0 spiro atoms. The van der Waals surface area contributed by atoms with Crippen molar-refractivity contribution in [1.82, 2.24) is 10.1 Å². The molecule has 0 unspecified atom stereocenters. The fourth-order valence-corrected chi connectivity index (χ4v) is 3.10. The van der Waals surface area contributed by atoms with Crippen molar-refractivity contribution in [3.05, 3.63) is 41.8 Å². The Hall–Kier alpha value is -1.69. The van der Waals surface area contributed by atoms with E-state index in [9.17, 15) is 9.18 Å². The predicted octanol–water partition coefficient (Wildman–Crippen LogP) is 3.73. The quantitative estimate of drug-likeness (QED) is 0.806. The lowest BCUT2D eigenvalue weighted by molar-refractivity contribution is -0.120. The third kappa shape index (κ3) is 3.69. The smallest absolute Gasteiger partial charge is 0.229 e. The van der Waals surface area contributed by atoms with E-state index in [0.29, 0.717) is 36.1 Å². The van der Waals surface area contributed by atoms with Crippen LogP contribution in [-0.4, -0.2) is 15.9 Å². The van der Waals surface area contributed by atoms with Crippen LogP contribution in [0, 0.1) is 5.82 Å². The van der Waals surface area contributed by atoms with Gasteiger partial charge in [0.05, 0.1) is 5.75 Å². The summed E-state index contributed by atoms with van der Waals surface area (Å²) in [5.74, 6) is 2.14. The first-order valence-corrected chi connectivity index (χ1v) is 7.92.